The van der Waals surface area contributed by atoms with E-state index in [4.69, 9.17) is 10.8 Å². The number of pyridine rings is 1. The standard InChI is InChI=1S/C8H11N5O/c9-6(4-5-14)7-2-1-3-8-10-11-12-13(7)8/h1-3,6,14H,4-5,9H2. The Morgan fingerprint density at radius 3 is 3.14 bits per heavy atom. The van der Waals surface area contributed by atoms with Gasteiger partial charge in [-0.05, 0) is 29.0 Å². The van der Waals surface area contributed by atoms with E-state index in [-0.39, 0.29) is 12.6 Å². The van der Waals surface area contributed by atoms with Gasteiger partial charge in [-0.25, -0.2) is 0 Å². The number of rotatable bonds is 3. The Hall–Kier alpha value is -1.53. The van der Waals surface area contributed by atoms with Crippen molar-refractivity contribution in [2.45, 2.75) is 12.5 Å². The van der Waals surface area contributed by atoms with Crippen LogP contribution < -0.4 is 5.73 Å². The summed E-state index contributed by atoms with van der Waals surface area (Å²) in [6.45, 7) is 0.0552. The summed E-state index contributed by atoms with van der Waals surface area (Å²) in [6, 6.07) is 5.25. The average Bonchev–Trinajstić information content (AvgIpc) is 2.65. The first-order chi connectivity index (χ1) is 6.83. The molecular weight excluding hydrogens is 182 g/mol. The molecule has 0 bridgehead atoms. The fourth-order valence-corrected chi connectivity index (χ4v) is 1.35. The number of aromatic nitrogens is 4. The van der Waals surface area contributed by atoms with Gasteiger partial charge in [0.2, 0.25) is 0 Å². The summed E-state index contributed by atoms with van der Waals surface area (Å²) >= 11 is 0. The summed E-state index contributed by atoms with van der Waals surface area (Å²) in [5, 5.41) is 20.0. The highest BCUT2D eigenvalue weighted by atomic mass is 16.3. The second kappa shape index (κ2) is 3.69. The van der Waals surface area contributed by atoms with Gasteiger partial charge in [-0.3, -0.25) is 0 Å². The first-order valence-corrected chi connectivity index (χ1v) is 4.36. The minimum atomic E-state index is -0.243. The van der Waals surface area contributed by atoms with Crippen molar-refractivity contribution in [1.29, 1.82) is 0 Å². The predicted octanol–water partition coefficient (Wildman–Crippen LogP) is -0.494. The van der Waals surface area contributed by atoms with Gasteiger partial charge in [0, 0.05) is 12.6 Å². The van der Waals surface area contributed by atoms with Crippen molar-refractivity contribution in [1.82, 2.24) is 20.0 Å². The third kappa shape index (κ3) is 1.45. The highest BCUT2D eigenvalue weighted by Gasteiger charge is 2.10. The molecule has 0 aliphatic rings. The number of nitrogens with zero attached hydrogens (tertiary/aromatic N) is 4. The van der Waals surface area contributed by atoms with Crippen LogP contribution in [0.2, 0.25) is 0 Å². The lowest BCUT2D eigenvalue weighted by Gasteiger charge is -2.10. The number of fused-ring (bicyclic) bond motifs is 1. The highest BCUT2D eigenvalue weighted by molar-refractivity contribution is 5.36. The average molecular weight is 193 g/mol. The Morgan fingerprint density at radius 2 is 2.36 bits per heavy atom. The third-order valence-electron chi connectivity index (χ3n) is 2.07. The van der Waals surface area contributed by atoms with Gasteiger partial charge in [0.15, 0.2) is 5.65 Å². The molecule has 0 aliphatic heterocycles. The van der Waals surface area contributed by atoms with Crippen LogP contribution in [0, 0.1) is 0 Å². The molecule has 6 heteroatoms. The van der Waals surface area contributed by atoms with Gasteiger partial charge in [-0.1, -0.05) is 6.07 Å². The Labute approximate surface area is 80.3 Å². The Bertz CT molecular complexity index is 426. The Morgan fingerprint density at radius 1 is 1.50 bits per heavy atom. The maximum absolute atomic E-state index is 8.78. The fraction of sp³-hybridized carbons (Fsp3) is 0.375. The van der Waals surface area contributed by atoms with Crippen molar-refractivity contribution >= 4 is 5.65 Å². The molecule has 1 atom stereocenters. The summed E-state index contributed by atoms with van der Waals surface area (Å²) in [7, 11) is 0. The molecule has 6 nitrogen and oxygen atoms in total. The van der Waals surface area contributed by atoms with Crippen LogP contribution in [-0.2, 0) is 0 Å². The second-order valence-corrected chi connectivity index (χ2v) is 3.02. The molecule has 0 saturated heterocycles. The molecule has 0 amide bonds. The summed E-state index contributed by atoms with van der Waals surface area (Å²) in [5.41, 5.74) is 7.32. The van der Waals surface area contributed by atoms with Crippen LogP contribution in [0.5, 0.6) is 0 Å². The molecule has 0 spiro atoms. The van der Waals surface area contributed by atoms with Gasteiger partial charge < -0.3 is 10.8 Å². The topological polar surface area (TPSA) is 89.3 Å². The summed E-state index contributed by atoms with van der Waals surface area (Å²) in [5.74, 6) is 0. The normalized spacial score (nSPS) is 13.3. The van der Waals surface area contributed by atoms with Crippen molar-refractivity contribution in [3.8, 4) is 0 Å². The highest BCUT2D eigenvalue weighted by Crippen LogP contribution is 2.13. The summed E-state index contributed by atoms with van der Waals surface area (Å²) in [6.07, 6.45) is 0.499. The largest absolute Gasteiger partial charge is 0.396 e. The smallest absolute Gasteiger partial charge is 0.179 e. The number of hydrogen-bond acceptors (Lipinski definition) is 5. The Kier molecular flexibility index (Phi) is 2.38. The first-order valence-electron chi connectivity index (χ1n) is 4.36. The molecule has 1 unspecified atom stereocenters. The van der Waals surface area contributed by atoms with E-state index in [0.717, 1.165) is 5.69 Å². The molecule has 14 heavy (non-hydrogen) atoms. The van der Waals surface area contributed by atoms with E-state index in [9.17, 15) is 0 Å². The number of aliphatic hydroxyl groups excluding tert-OH is 1. The van der Waals surface area contributed by atoms with Crippen LogP contribution >= 0.6 is 0 Å². The van der Waals surface area contributed by atoms with E-state index >= 15 is 0 Å². The van der Waals surface area contributed by atoms with Crippen LogP contribution in [-0.4, -0.2) is 31.8 Å². The molecule has 2 aromatic rings. The number of hydrogen-bond donors (Lipinski definition) is 2. The van der Waals surface area contributed by atoms with Gasteiger partial charge >= 0.3 is 0 Å². The van der Waals surface area contributed by atoms with E-state index in [0.29, 0.717) is 12.1 Å². The van der Waals surface area contributed by atoms with Crippen LogP contribution in [0.4, 0.5) is 0 Å². The van der Waals surface area contributed by atoms with Gasteiger partial charge in [0.05, 0.1) is 5.69 Å². The molecule has 2 heterocycles. The molecule has 0 radical (unpaired) electrons. The molecule has 3 N–H and O–H groups in total. The molecule has 2 aromatic heterocycles. The SMILES string of the molecule is NC(CCO)c1cccc2nnnn12. The number of tetrazole rings is 1. The first kappa shape index (κ1) is 9.04. The number of aliphatic hydroxyl groups is 1. The minimum Gasteiger partial charge on any atom is -0.396 e. The van der Waals surface area contributed by atoms with Gasteiger partial charge in [-0.2, -0.15) is 4.52 Å². The van der Waals surface area contributed by atoms with Crippen LogP contribution in [0.15, 0.2) is 18.2 Å². The molecule has 0 aliphatic carbocycles. The van der Waals surface area contributed by atoms with Crippen molar-refractivity contribution in [3.63, 3.8) is 0 Å². The zero-order valence-corrected chi connectivity index (χ0v) is 7.54. The molecule has 0 fully saturated rings. The molecule has 0 aromatic carbocycles. The van der Waals surface area contributed by atoms with E-state index < -0.39 is 0 Å². The lowest BCUT2D eigenvalue weighted by atomic mass is 10.1. The summed E-state index contributed by atoms with van der Waals surface area (Å²) < 4.78 is 1.58. The van der Waals surface area contributed by atoms with Crippen LogP contribution in [0.3, 0.4) is 0 Å². The lowest BCUT2D eigenvalue weighted by Crippen LogP contribution is -2.16. The van der Waals surface area contributed by atoms with E-state index in [1.807, 2.05) is 12.1 Å². The number of nitrogens with two attached hydrogens (primary N) is 1. The van der Waals surface area contributed by atoms with E-state index in [1.54, 1.807) is 10.6 Å². The lowest BCUT2D eigenvalue weighted by molar-refractivity contribution is 0.275. The maximum Gasteiger partial charge on any atom is 0.179 e. The zero-order valence-electron chi connectivity index (χ0n) is 7.54. The Balaban J connectivity index is 2.45. The van der Waals surface area contributed by atoms with E-state index in [1.165, 1.54) is 0 Å². The van der Waals surface area contributed by atoms with Crippen molar-refractivity contribution in [2.75, 3.05) is 6.61 Å². The zero-order chi connectivity index (χ0) is 9.97. The summed E-state index contributed by atoms with van der Waals surface area (Å²) in [4.78, 5) is 0. The maximum atomic E-state index is 8.78. The van der Waals surface area contributed by atoms with Crippen LogP contribution in [0.25, 0.3) is 5.65 Å². The van der Waals surface area contributed by atoms with Crippen molar-refractivity contribution < 1.29 is 5.11 Å². The quantitative estimate of drug-likeness (QED) is 0.686. The molecular formula is C8H11N5O. The predicted molar refractivity (Wildman–Crippen MR) is 49.4 cm³/mol. The van der Waals surface area contributed by atoms with Crippen molar-refractivity contribution in [2.24, 2.45) is 5.73 Å². The van der Waals surface area contributed by atoms with Gasteiger partial charge in [0.1, 0.15) is 0 Å². The monoisotopic (exact) mass is 193 g/mol. The second-order valence-electron chi connectivity index (χ2n) is 3.02. The fourth-order valence-electron chi connectivity index (χ4n) is 1.35. The van der Waals surface area contributed by atoms with Gasteiger partial charge in [0.25, 0.3) is 0 Å². The third-order valence-corrected chi connectivity index (χ3v) is 2.07. The van der Waals surface area contributed by atoms with Crippen LogP contribution in [0.1, 0.15) is 18.2 Å². The van der Waals surface area contributed by atoms with Gasteiger partial charge in [-0.15, -0.1) is 5.10 Å². The molecule has 0 saturated carbocycles. The van der Waals surface area contributed by atoms with Crippen molar-refractivity contribution in [3.05, 3.63) is 23.9 Å². The molecule has 74 valence electrons. The van der Waals surface area contributed by atoms with E-state index in [2.05, 4.69) is 15.5 Å². The minimum absolute atomic E-state index is 0.0552. The molecule has 2 rings (SSSR count).